The minimum absolute atomic E-state index is 0.837. The van der Waals surface area contributed by atoms with Crippen LogP contribution in [0, 0.1) is 13.8 Å². The average Bonchev–Trinajstić information content (AvgIpc) is 3.81. The Labute approximate surface area is 341 Å². The average molecular weight is 757 g/mol. The van der Waals surface area contributed by atoms with E-state index in [0.29, 0.717) is 0 Å². The summed E-state index contributed by atoms with van der Waals surface area (Å²) in [5, 5.41) is 11.7. The molecule has 1 aliphatic heterocycles. The molecule has 0 saturated carbocycles. The van der Waals surface area contributed by atoms with E-state index in [1.807, 2.05) is 11.3 Å². The van der Waals surface area contributed by atoms with Crippen molar-refractivity contribution < 1.29 is 0 Å². The van der Waals surface area contributed by atoms with Gasteiger partial charge in [0.2, 0.25) is 0 Å². The highest BCUT2D eigenvalue weighted by atomic mass is 32.1. The highest BCUT2D eigenvalue weighted by Crippen LogP contribution is 2.48. The van der Waals surface area contributed by atoms with Crippen LogP contribution in [0.4, 0.5) is 11.4 Å². The molecule has 1 N–H and O–H groups in total. The molecule has 0 spiro atoms. The predicted octanol–water partition coefficient (Wildman–Crippen LogP) is 13.4. The van der Waals surface area contributed by atoms with Gasteiger partial charge in [0.15, 0.2) is 7.28 Å². The molecule has 0 fully saturated rings. The summed E-state index contributed by atoms with van der Waals surface area (Å²) in [5.41, 5.74) is 18.7. The zero-order valence-electron chi connectivity index (χ0n) is 32.3. The molecule has 0 aliphatic carbocycles. The molecule has 58 heavy (non-hydrogen) atoms. The van der Waals surface area contributed by atoms with E-state index < -0.39 is 0 Å². The minimum Gasteiger partial charge on any atom is -0.355 e. The molecule has 0 unspecified atom stereocenters. The molecule has 3 heterocycles. The van der Waals surface area contributed by atoms with Crippen LogP contribution in [-0.4, -0.2) is 11.8 Å². The normalized spacial score (nSPS) is 12.1. The van der Waals surface area contributed by atoms with Crippen LogP contribution in [-0.2, 0) is 0 Å². The SMILES string of the molecule is Cc1ccc(Nc2cc3sc4ccccc4c3cc2-c2cc(-c3ccccc3-c3ccccc3)c3c4ccc5ccccc5c4n4c3c2Bc2cc(C)ccc2-4)cc1. The first-order chi connectivity index (χ1) is 28.6. The van der Waals surface area contributed by atoms with Crippen molar-refractivity contribution in [3.8, 4) is 39.1 Å². The van der Waals surface area contributed by atoms with Crippen molar-refractivity contribution in [3.05, 3.63) is 187 Å². The van der Waals surface area contributed by atoms with Gasteiger partial charge in [-0.25, -0.2) is 0 Å². The second-order valence-corrected chi connectivity index (χ2v) is 17.0. The Hall–Kier alpha value is -6.88. The number of hydrogen-bond donors (Lipinski definition) is 1. The molecule has 2 nitrogen and oxygen atoms in total. The standard InChI is InChI=1S/C54H37BN2S/c1-32-20-24-36(25-21-32)56-47-31-50-43(40-18-10-11-19-49(40)58-50)29-42(47)45-30-44(39-17-9-8-15-37(39)34-12-4-3-5-13-34)51-41-26-23-35-14-6-7-16-38(35)53(41)57-48-27-22-33(2)28-46(48)55-52(45)54(51)57/h3-31,55-56H,1-2H3. The van der Waals surface area contributed by atoms with Gasteiger partial charge in [-0.1, -0.05) is 150 Å². The first-order valence-corrected chi connectivity index (χ1v) is 20.9. The van der Waals surface area contributed by atoms with Gasteiger partial charge < -0.3 is 9.88 Å². The summed E-state index contributed by atoms with van der Waals surface area (Å²) in [6, 6.07) is 65.5. The molecule has 11 aromatic rings. The number of fused-ring (bicyclic) bond motifs is 10. The smallest absolute Gasteiger partial charge is 0.198 e. The van der Waals surface area contributed by atoms with Crippen molar-refractivity contribution >= 4 is 93.7 Å². The van der Waals surface area contributed by atoms with E-state index in [-0.39, 0.29) is 0 Å². The minimum atomic E-state index is 0.837. The van der Waals surface area contributed by atoms with Gasteiger partial charge in [0.25, 0.3) is 0 Å². The molecular formula is C54H37BN2S. The summed E-state index contributed by atoms with van der Waals surface area (Å²) in [5.74, 6) is 0. The fraction of sp³-hybridized carbons (Fsp3) is 0.0370. The van der Waals surface area contributed by atoms with Crippen molar-refractivity contribution in [3.63, 3.8) is 0 Å². The van der Waals surface area contributed by atoms with Gasteiger partial charge in [-0.05, 0) is 95.0 Å². The fourth-order valence-corrected chi connectivity index (χ4v) is 10.8. The molecule has 0 radical (unpaired) electrons. The molecule has 0 bridgehead atoms. The highest BCUT2D eigenvalue weighted by Gasteiger charge is 2.30. The summed E-state index contributed by atoms with van der Waals surface area (Å²) >= 11 is 1.87. The van der Waals surface area contributed by atoms with Gasteiger partial charge >= 0.3 is 0 Å². The van der Waals surface area contributed by atoms with Crippen LogP contribution in [0.2, 0.25) is 0 Å². The Kier molecular flexibility index (Phi) is 7.36. The van der Waals surface area contributed by atoms with Crippen LogP contribution in [0.15, 0.2) is 176 Å². The zero-order chi connectivity index (χ0) is 38.5. The zero-order valence-corrected chi connectivity index (χ0v) is 33.1. The maximum atomic E-state index is 3.94. The number of nitrogens with one attached hydrogen (secondary N) is 1. The maximum absolute atomic E-state index is 3.94. The van der Waals surface area contributed by atoms with Gasteiger partial charge in [-0.2, -0.15) is 0 Å². The molecule has 1 aliphatic rings. The molecular weight excluding hydrogens is 719 g/mol. The van der Waals surface area contributed by atoms with E-state index >= 15 is 0 Å². The molecule has 272 valence electrons. The van der Waals surface area contributed by atoms with Crippen molar-refractivity contribution in [2.45, 2.75) is 13.8 Å². The lowest BCUT2D eigenvalue weighted by atomic mass is 9.58. The number of nitrogens with zero attached hydrogens (tertiary/aromatic N) is 1. The molecule has 0 amide bonds. The number of rotatable bonds is 5. The number of thiophene rings is 1. The second kappa shape index (κ2) is 12.8. The summed E-state index contributed by atoms with van der Waals surface area (Å²) in [4.78, 5) is 0. The Morgan fingerprint density at radius 3 is 2.09 bits per heavy atom. The van der Waals surface area contributed by atoms with E-state index in [9.17, 15) is 0 Å². The van der Waals surface area contributed by atoms with Gasteiger partial charge in [0, 0.05) is 64.5 Å². The van der Waals surface area contributed by atoms with Crippen LogP contribution < -0.4 is 16.2 Å². The van der Waals surface area contributed by atoms with E-state index in [0.717, 1.165) is 18.7 Å². The maximum Gasteiger partial charge on any atom is 0.198 e. The first-order valence-electron chi connectivity index (χ1n) is 20.1. The second-order valence-electron chi connectivity index (χ2n) is 15.9. The predicted molar refractivity (Wildman–Crippen MR) is 253 cm³/mol. The fourth-order valence-electron chi connectivity index (χ4n) is 9.65. The van der Waals surface area contributed by atoms with E-state index in [1.54, 1.807) is 0 Å². The van der Waals surface area contributed by atoms with Gasteiger partial charge in [0.05, 0.1) is 5.52 Å². The molecule has 2 aromatic heterocycles. The van der Waals surface area contributed by atoms with Crippen LogP contribution in [0.1, 0.15) is 11.1 Å². The van der Waals surface area contributed by atoms with Gasteiger partial charge in [-0.3, -0.25) is 0 Å². The molecule has 0 saturated heterocycles. The van der Waals surface area contributed by atoms with Crippen molar-refractivity contribution in [1.82, 2.24) is 4.57 Å². The first kappa shape index (κ1) is 33.3. The van der Waals surface area contributed by atoms with E-state index in [2.05, 4.69) is 200 Å². The quantitative estimate of drug-likeness (QED) is 0.173. The van der Waals surface area contributed by atoms with Crippen LogP contribution in [0.25, 0.3) is 91.8 Å². The topological polar surface area (TPSA) is 17.0 Å². The number of benzene rings is 9. The lowest BCUT2D eigenvalue weighted by Crippen LogP contribution is -2.37. The number of aryl methyl sites for hydroxylation is 2. The molecule has 0 atom stereocenters. The largest absolute Gasteiger partial charge is 0.355 e. The van der Waals surface area contributed by atoms with Crippen LogP contribution >= 0.6 is 11.3 Å². The van der Waals surface area contributed by atoms with Crippen molar-refractivity contribution in [2.75, 3.05) is 5.32 Å². The van der Waals surface area contributed by atoms with Crippen LogP contribution in [0.5, 0.6) is 0 Å². The lowest BCUT2D eigenvalue weighted by molar-refractivity contribution is 1.19. The lowest BCUT2D eigenvalue weighted by Gasteiger charge is -2.26. The molecule has 4 heteroatoms. The third-order valence-corrected chi connectivity index (χ3v) is 13.4. The van der Waals surface area contributed by atoms with Gasteiger partial charge in [0.1, 0.15) is 0 Å². The number of aromatic nitrogens is 1. The summed E-state index contributed by atoms with van der Waals surface area (Å²) in [6.07, 6.45) is 0. The Bertz CT molecular complexity index is 3470. The van der Waals surface area contributed by atoms with Crippen molar-refractivity contribution in [2.24, 2.45) is 0 Å². The third kappa shape index (κ3) is 5.05. The summed E-state index contributed by atoms with van der Waals surface area (Å²) in [6.45, 7) is 4.37. The highest BCUT2D eigenvalue weighted by molar-refractivity contribution is 7.25. The van der Waals surface area contributed by atoms with Gasteiger partial charge in [-0.15, -0.1) is 11.3 Å². The Morgan fingerprint density at radius 1 is 0.483 bits per heavy atom. The Morgan fingerprint density at radius 2 is 1.22 bits per heavy atom. The monoisotopic (exact) mass is 756 g/mol. The third-order valence-electron chi connectivity index (χ3n) is 12.3. The van der Waals surface area contributed by atoms with E-state index in [1.165, 1.54) is 114 Å². The molecule has 12 rings (SSSR count). The molecule has 9 aromatic carbocycles. The summed E-state index contributed by atoms with van der Waals surface area (Å²) < 4.78 is 5.21. The number of anilines is 2. The number of hydrogen-bond acceptors (Lipinski definition) is 2. The summed E-state index contributed by atoms with van der Waals surface area (Å²) in [7, 11) is 0.837. The van der Waals surface area contributed by atoms with Crippen LogP contribution in [0.3, 0.4) is 0 Å². The Balaban J connectivity index is 1.28. The van der Waals surface area contributed by atoms with E-state index in [4.69, 9.17) is 0 Å². The van der Waals surface area contributed by atoms with Crippen molar-refractivity contribution in [1.29, 1.82) is 0 Å².